The van der Waals surface area contributed by atoms with Crippen molar-refractivity contribution >= 4 is 20.8 Å². The molecule has 0 aliphatic heterocycles. The van der Waals surface area contributed by atoms with Crippen LogP contribution in [-0.4, -0.2) is 37.6 Å². The van der Waals surface area contributed by atoms with Gasteiger partial charge in [0.2, 0.25) is 10.0 Å². The normalized spacial score (nSPS) is 14.1. The van der Waals surface area contributed by atoms with Gasteiger partial charge >= 0.3 is 0 Å². The molecule has 3 N–H and O–H groups in total. The molecule has 0 spiro atoms. The van der Waals surface area contributed by atoms with Crippen LogP contribution in [0.1, 0.15) is 18.6 Å². The molecule has 29 heavy (non-hydrogen) atoms. The van der Waals surface area contributed by atoms with Crippen molar-refractivity contribution in [3.8, 4) is 0 Å². The maximum Gasteiger partial charge on any atom is 0.240 e. The molecule has 0 radical (unpaired) electrons. The van der Waals surface area contributed by atoms with Gasteiger partial charge in [0.25, 0.3) is 0 Å². The van der Waals surface area contributed by atoms with E-state index in [1.807, 2.05) is 0 Å². The van der Waals surface area contributed by atoms with E-state index in [4.69, 9.17) is 0 Å². The molecular weight excluding hydrogens is 400 g/mol. The minimum Gasteiger partial charge on any atom is -0.387 e. The Balaban J connectivity index is 1.56. The van der Waals surface area contributed by atoms with Gasteiger partial charge in [-0.05, 0) is 48.2 Å². The molecule has 1 aromatic heterocycles. The fourth-order valence-electron chi connectivity index (χ4n) is 2.88. The molecule has 0 amide bonds. The van der Waals surface area contributed by atoms with Crippen LogP contribution in [0.5, 0.6) is 0 Å². The van der Waals surface area contributed by atoms with Crippen LogP contribution in [0.2, 0.25) is 0 Å². The summed E-state index contributed by atoms with van der Waals surface area (Å²) in [7, 11) is -3.73. The highest BCUT2D eigenvalue weighted by Gasteiger charge is 2.18. The lowest BCUT2D eigenvalue weighted by Gasteiger charge is -2.17. The summed E-state index contributed by atoms with van der Waals surface area (Å²) < 4.78 is 54.0. The van der Waals surface area contributed by atoms with Crippen molar-refractivity contribution in [1.82, 2.24) is 15.0 Å². The second-order valence-corrected chi connectivity index (χ2v) is 8.47. The first-order valence-electron chi connectivity index (χ1n) is 8.96. The average Bonchev–Trinajstić information content (AvgIpc) is 2.69. The number of nitrogens with one attached hydrogen (secondary N) is 2. The smallest absolute Gasteiger partial charge is 0.240 e. The summed E-state index contributed by atoms with van der Waals surface area (Å²) in [6.45, 7) is 1.97. The molecule has 6 nitrogen and oxygen atoms in total. The van der Waals surface area contributed by atoms with E-state index in [2.05, 4.69) is 15.0 Å². The predicted molar refractivity (Wildman–Crippen MR) is 106 cm³/mol. The number of aliphatic hydroxyl groups is 1. The van der Waals surface area contributed by atoms with Gasteiger partial charge in [-0.1, -0.05) is 12.1 Å². The summed E-state index contributed by atoms with van der Waals surface area (Å²) in [5.74, 6) is -2.02. The molecule has 154 valence electrons. The van der Waals surface area contributed by atoms with Crippen molar-refractivity contribution in [3.63, 3.8) is 0 Å². The van der Waals surface area contributed by atoms with Crippen molar-refractivity contribution in [1.29, 1.82) is 0 Å². The number of rotatable bonds is 8. The van der Waals surface area contributed by atoms with Gasteiger partial charge in [-0.2, -0.15) is 0 Å². The van der Waals surface area contributed by atoms with E-state index in [-0.39, 0.29) is 23.5 Å². The van der Waals surface area contributed by atoms with E-state index >= 15 is 0 Å². The second-order valence-electron chi connectivity index (χ2n) is 6.75. The van der Waals surface area contributed by atoms with Crippen LogP contribution in [0, 0.1) is 11.6 Å². The lowest BCUT2D eigenvalue weighted by atomic mass is 10.1. The Hall–Kier alpha value is -2.46. The van der Waals surface area contributed by atoms with Crippen LogP contribution in [0.4, 0.5) is 8.78 Å². The molecule has 0 saturated carbocycles. The lowest BCUT2D eigenvalue weighted by Crippen LogP contribution is -2.40. The number of pyridine rings is 1. The molecule has 0 aliphatic carbocycles. The Bertz CT molecular complexity index is 1110. The SMILES string of the molecule is C[C@H](CNCC(O)c1ccc(F)c(F)c1)NS(=O)(=O)c1ccc2cnccc2c1. The Morgan fingerprint density at radius 3 is 2.59 bits per heavy atom. The summed E-state index contributed by atoms with van der Waals surface area (Å²) in [5, 5.41) is 14.6. The third-order valence-corrected chi connectivity index (χ3v) is 5.98. The first-order chi connectivity index (χ1) is 13.8. The highest BCUT2D eigenvalue weighted by molar-refractivity contribution is 7.89. The van der Waals surface area contributed by atoms with Gasteiger partial charge in [-0.25, -0.2) is 21.9 Å². The molecule has 3 rings (SSSR count). The summed E-state index contributed by atoms with van der Waals surface area (Å²) in [6.07, 6.45) is 2.20. The van der Waals surface area contributed by atoms with Crippen LogP contribution in [0.25, 0.3) is 10.8 Å². The van der Waals surface area contributed by atoms with Crippen LogP contribution in [0.15, 0.2) is 59.8 Å². The van der Waals surface area contributed by atoms with Crippen LogP contribution in [0.3, 0.4) is 0 Å². The molecule has 2 atom stereocenters. The monoisotopic (exact) mass is 421 g/mol. The van der Waals surface area contributed by atoms with Crippen LogP contribution in [-0.2, 0) is 10.0 Å². The topological polar surface area (TPSA) is 91.3 Å². The molecule has 3 aromatic rings. The fraction of sp³-hybridized carbons (Fsp3) is 0.250. The first kappa shape index (κ1) is 21.3. The van der Waals surface area contributed by atoms with E-state index in [1.165, 1.54) is 12.1 Å². The zero-order chi connectivity index (χ0) is 21.0. The molecule has 1 unspecified atom stereocenters. The summed E-state index contributed by atoms with van der Waals surface area (Å²) in [4.78, 5) is 4.14. The number of hydrogen-bond donors (Lipinski definition) is 3. The van der Waals surface area contributed by atoms with E-state index in [0.717, 1.165) is 22.9 Å². The van der Waals surface area contributed by atoms with Crippen molar-refractivity contribution in [2.24, 2.45) is 0 Å². The second kappa shape index (κ2) is 8.91. The van der Waals surface area contributed by atoms with E-state index < -0.39 is 33.8 Å². The quantitative estimate of drug-likeness (QED) is 0.520. The van der Waals surface area contributed by atoms with Gasteiger partial charge in [-0.15, -0.1) is 0 Å². The largest absolute Gasteiger partial charge is 0.387 e. The van der Waals surface area contributed by atoms with Gasteiger partial charge in [-0.3, -0.25) is 4.98 Å². The Morgan fingerprint density at radius 1 is 1.03 bits per heavy atom. The number of benzene rings is 2. The maximum absolute atomic E-state index is 13.2. The van der Waals surface area contributed by atoms with Gasteiger partial charge < -0.3 is 10.4 Å². The predicted octanol–water partition coefficient (Wildman–Crippen LogP) is 2.50. The number of fused-ring (bicyclic) bond motifs is 1. The molecule has 1 heterocycles. The molecule has 0 aliphatic rings. The third kappa shape index (κ3) is 5.33. The van der Waals surface area contributed by atoms with Gasteiger partial charge in [0, 0.05) is 36.9 Å². The van der Waals surface area contributed by atoms with Crippen molar-refractivity contribution in [2.75, 3.05) is 13.1 Å². The zero-order valence-electron chi connectivity index (χ0n) is 15.6. The van der Waals surface area contributed by atoms with Crippen molar-refractivity contribution in [2.45, 2.75) is 24.0 Å². The molecule has 2 aromatic carbocycles. The molecule has 0 fully saturated rings. The highest BCUT2D eigenvalue weighted by atomic mass is 32.2. The van der Waals surface area contributed by atoms with Crippen molar-refractivity contribution < 1.29 is 22.3 Å². The molecular formula is C20H21F2N3O3S. The first-order valence-corrected chi connectivity index (χ1v) is 10.4. The number of nitrogens with zero attached hydrogens (tertiary/aromatic N) is 1. The maximum atomic E-state index is 13.2. The number of sulfonamides is 1. The Labute approximate surface area is 167 Å². The van der Waals surface area contributed by atoms with E-state index in [0.29, 0.717) is 0 Å². The number of hydrogen-bond acceptors (Lipinski definition) is 5. The third-order valence-electron chi connectivity index (χ3n) is 4.40. The van der Waals surface area contributed by atoms with Gasteiger partial charge in [0.1, 0.15) is 0 Å². The summed E-state index contributed by atoms with van der Waals surface area (Å²) in [6, 6.07) is 9.23. The molecule has 9 heteroatoms. The lowest BCUT2D eigenvalue weighted by molar-refractivity contribution is 0.173. The molecule has 0 bridgehead atoms. The minimum absolute atomic E-state index is 0.0557. The van der Waals surface area contributed by atoms with Gasteiger partial charge in [0.05, 0.1) is 11.0 Å². The summed E-state index contributed by atoms with van der Waals surface area (Å²) >= 11 is 0. The average molecular weight is 421 g/mol. The highest BCUT2D eigenvalue weighted by Crippen LogP contribution is 2.18. The Kier molecular flexibility index (Phi) is 6.53. The van der Waals surface area contributed by atoms with E-state index in [1.54, 1.807) is 37.5 Å². The number of aromatic nitrogens is 1. The van der Waals surface area contributed by atoms with E-state index in [9.17, 15) is 22.3 Å². The minimum atomic E-state index is -3.73. The van der Waals surface area contributed by atoms with Gasteiger partial charge in [0.15, 0.2) is 11.6 Å². The Morgan fingerprint density at radius 2 is 1.83 bits per heavy atom. The standard InChI is InChI=1S/C20H21F2N3O3S/c1-13(10-24-12-20(26)15-3-5-18(21)19(22)9-15)25-29(27,28)17-4-2-16-11-23-7-6-14(16)8-17/h2-9,11,13,20,24-26H,10,12H2,1H3/t13-,20?/m1/s1. The number of aliphatic hydroxyl groups excluding tert-OH is 1. The summed E-state index contributed by atoms with van der Waals surface area (Å²) in [5.41, 5.74) is 0.232. The fourth-order valence-corrected chi connectivity index (χ4v) is 4.16. The van der Waals surface area contributed by atoms with Crippen molar-refractivity contribution in [3.05, 3.63) is 72.1 Å². The van der Waals surface area contributed by atoms with Crippen LogP contribution >= 0.6 is 0 Å². The zero-order valence-corrected chi connectivity index (χ0v) is 16.5. The molecule has 0 saturated heterocycles. The van der Waals surface area contributed by atoms with Crippen LogP contribution < -0.4 is 10.0 Å². The number of halogens is 2.